The van der Waals surface area contributed by atoms with Crippen LogP contribution in [0.15, 0.2) is 30.6 Å². The molecule has 1 atom stereocenters. The predicted octanol–water partition coefficient (Wildman–Crippen LogP) is 1.11. The monoisotopic (exact) mass is 287 g/mol. The van der Waals surface area contributed by atoms with E-state index in [4.69, 9.17) is 0 Å². The zero-order valence-corrected chi connectivity index (χ0v) is 12.6. The summed E-state index contributed by atoms with van der Waals surface area (Å²) in [7, 11) is 3.95. The Morgan fingerprint density at radius 2 is 2.05 bits per heavy atom. The van der Waals surface area contributed by atoms with Gasteiger partial charge in [-0.05, 0) is 33.2 Å². The lowest BCUT2D eigenvalue weighted by Crippen LogP contribution is -2.40. The first-order valence-electron chi connectivity index (χ1n) is 6.96. The van der Waals surface area contributed by atoms with E-state index in [2.05, 4.69) is 20.6 Å². The molecule has 2 N–H and O–H groups in total. The van der Waals surface area contributed by atoms with Gasteiger partial charge in [0.15, 0.2) is 0 Å². The molecule has 21 heavy (non-hydrogen) atoms. The number of carbonyl (C=O) groups is 1. The molecule has 2 rings (SSSR count). The first-order valence-corrected chi connectivity index (χ1v) is 6.96. The fourth-order valence-electron chi connectivity index (χ4n) is 1.95. The molecule has 1 aromatic carbocycles. The number of nitrogens with one attached hydrogen (secondary N) is 2. The Bertz CT molecular complexity index is 609. The van der Waals surface area contributed by atoms with Crippen molar-refractivity contribution in [3.63, 3.8) is 0 Å². The van der Waals surface area contributed by atoms with Gasteiger partial charge in [0.05, 0.1) is 5.52 Å². The van der Waals surface area contributed by atoms with E-state index in [-0.39, 0.29) is 11.9 Å². The Morgan fingerprint density at radius 1 is 1.29 bits per heavy atom. The van der Waals surface area contributed by atoms with Crippen LogP contribution in [0.2, 0.25) is 0 Å². The molecular weight excluding hydrogens is 266 g/mol. The number of rotatable bonds is 6. The van der Waals surface area contributed by atoms with E-state index in [1.54, 1.807) is 0 Å². The second-order valence-corrected chi connectivity index (χ2v) is 5.20. The molecule has 1 aromatic heterocycles. The predicted molar refractivity (Wildman–Crippen MR) is 84.2 cm³/mol. The minimum atomic E-state index is -0.356. The highest BCUT2D eigenvalue weighted by molar-refractivity contribution is 5.91. The van der Waals surface area contributed by atoms with Gasteiger partial charge >= 0.3 is 0 Å². The maximum absolute atomic E-state index is 12.0. The smallest absolute Gasteiger partial charge is 0.242 e. The Morgan fingerprint density at radius 3 is 2.81 bits per heavy atom. The molecule has 0 bridgehead atoms. The second-order valence-electron chi connectivity index (χ2n) is 5.20. The Balaban J connectivity index is 2.01. The number of carbonyl (C=O) groups excluding carboxylic acids is 1. The number of benzene rings is 1. The van der Waals surface area contributed by atoms with Crippen LogP contribution in [-0.2, 0) is 4.79 Å². The number of nitrogens with zero attached hydrogens (tertiary/aromatic N) is 3. The lowest BCUT2D eigenvalue weighted by atomic mass is 10.2. The van der Waals surface area contributed by atoms with Gasteiger partial charge in [0, 0.05) is 18.5 Å². The van der Waals surface area contributed by atoms with Gasteiger partial charge in [-0.3, -0.25) is 4.79 Å². The van der Waals surface area contributed by atoms with Crippen LogP contribution in [0.25, 0.3) is 10.9 Å². The Hall–Kier alpha value is -2.21. The van der Waals surface area contributed by atoms with Crippen molar-refractivity contribution in [3.05, 3.63) is 30.6 Å². The summed E-state index contributed by atoms with van der Waals surface area (Å²) in [5.74, 6) is 0.635. The number of fused-ring (bicyclic) bond motifs is 1. The van der Waals surface area contributed by atoms with E-state index < -0.39 is 0 Å². The van der Waals surface area contributed by atoms with Crippen molar-refractivity contribution in [1.82, 2.24) is 20.2 Å². The van der Waals surface area contributed by atoms with Crippen LogP contribution < -0.4 is 10.6 Å². The number of hydrogen-bond donors (Lipinski definition) is 2. The molecule has 0 aliphatic carbocycles. The van der Waals surface area contributed by atoms with Gasteiger partial charge in [0.2, 0.25) is 5.91 Å². The van der Waals surface area contributed by atoms with Crippen molar-refractivity contribution >= 4 is 22.6 Å². The fourth-order valence-corrected chi connectivity index (χ4v) is 1.95. The van der Waals surface area contributed by atoms with Gasteiger partial charge in [0.25, 0.3) is 0 Å². The highest BCUT2D eigenvalue weighted by atomic mass is 16.2. The molecule has 1 unspecified atom stereocenters. The van der Waals surface area contributed by atoms with E-state index >= 15 is 0 Å². The third-order valence-corrected chi connectivity index (χ3v) is 3.15. The first-order chi connectivity index (χ1) is 10.1. The summed E-state index contributed by atoms with van der Waals surface area (Å²) in [4.78, 5) is 22.5. The molecule has 0 saturated carbocycles. The van der Waals surface area contributed by atoms with Crippen molar-refractivity contribution in [1.29, 1.82) is 0 Å². The maximum Gasteiger partial charge on any atom is 0.242 e. The third-order valence-electron chi connectivity index (χ3n) is 3.15. The number of amides is 1. The molecule has 0 radical (unpaired) electrons. The van der Waals surface area contributed by atoms with E-state index in [1.807, 2.05) is 50.2 Å². The summed E-state index contributed by atoms with van der Waals surface area (Å²) in [5.41, 5.74) is 0.857. The summed E-state index contributed by atoms with van der Waals surface area (Å²) in [6.07, 6.45) is 1.50. The zero-order valence-electron chi connectivity index (χ0n) is 12.6. The number of anilines is 1. The van der Waals surface area contributed by atoms with Crippen molar-refractivity contribution in [2.75, 3.05) is 32.5 Å². The van der Waals surface area contributed by atoms with Crippen LogP contribution in [-0.4, -0.2) is 54.0 Å². The van der Waals surface area contributed by atoms with Gasteiger partial charge in [-0.2, -0.15) is 0 Å². The minimum Gasteiger partial charge on any atom is -0.358 e. The van der Waals surface area contributed by atoms with Crippen LogP contribution in [0, 0.1) is 0 Å². The van der Waals surface area contributed by atoms with Crippen molar-refractivity contribution < 1.29 is 4.79 Å². The number of hydrogen-bond acceptors (Lipinski definition) is 5. The first kappa shape index (κ1) is 15.2. The van der Waals surface area contributed by atoms with Crippen LogP contribution in [0.4, 0.5) is 5.82 Å². The van der Waals surface area contributed by atoms with E-state index in [0.717, 1.165) is 17.4 Å². The molecule has 6 heteroatoms. The average molecular weight is 287 g/mol. The van der Waals surface area contributed by atoms with Gasteiger partial charge in [-0.25, -0.2) is 9.97 Å². The van der Waals surface area contributed by atoms with Crippen molar-refractivity contribution in [3.8, 4) is 0 Å². The largest absolute Gasteiger partial charge is 0.358 e. The van der Waals surface area contributed by atoms with Crippen LogP contribution in [0.3, 0.4) is 0 Å². The highest BCUT2D eigenvalue weighted by Crippen LogP contribution is 2.18. The summed E-state index contributed by atoms with van der Waals surface area (Å²) >= 11 is 0. The van der Waals surface area contributed by atoms with Crippen molar-refractivity contribution in [2.24, 2.45) is 0 Å². The number of likely N-dealkylation sites (N-methyl/N-ethyl adjacent to an activating group) is 1. The lowest BCUT2D eigenvalue weighted by Gasteiger charge is -2.16. The molecule has 1 amide bonds. The fraction of sp³-hybridized carbons (Fsp3) is 0.400. The quantitative estimate of drug-likeness (QED) is 0.833. The molecule has 0 fully saturated rings. The lowest BCUT2D eigenvalue weighted by molar-refractivity contribution is -0.121. The zero-order chi connectivity index (χ0) is 15.2. The van der Waals surface area contributed by atoms with Crippen LogP contribution >= 0.6 is 0 Å². The third kappa shape index (κ3) is 4.13. The number of aromatic nitrogens is 2. The molecule has 2 aromatic rings. The SMILES string of the molecule is CC(Nc1ncnc2ccccc12)C(=O)NCCN(C)C. The van der Waals surface area contributed by atoms with E-state index in [1.165, 1.54) is 6.33 Å². The Labute approximate surface area is 124 Å². The standard InChI is InChI=1S/C15H21N5O/c1-11(15(21)16-8-9-20(2)3)19-14-12-6-4-5-7-13(12)17-10-18-14/h4-7,10-11H,8-9H2,1-3H3,(H,16,21)(H,17,18,19). The molecule has 0 aliphatic heterocycles. The van der Waals surface area contributed by atoms with Gasteiger partial charge in [-0.15, -0.1) is 0 Å². The molecule has 6 nitrogen and oxygen atoms in total. The van der Waals surface area contributed by atoms with Gasteiger partial charge < -0.3 is 15.5 Å². The minimum absolute atomic E-state index is 0.0421. The van der Waals surface area contributed by atoms with Crippen LogP contribution in [0.5, 0.6) is 0 Å². The second kappa shape index (κ2) is 6.99. The molecule has 0 saturated heterocycles. The van der Waals surface area contributed by atoms with Crippen LogP contribution in [0.1, 0.15) is 6.92 Å². The molecule has 0 spiro atoms. The maximum atomic E-state index is 12.0. The molecule has 112 valence electrons. The molecule has 1 heterocycles. The van der Waals surface area contributed by atoms with Crippen molar-refractivity contribution in [2.45, 2.75) is 13.0 Å². The summed E-state index contributed by atoms with van der Waals surface area (Å²) in [6, 6.07) is 7.36. The summed E-state index contributed by atoms with van der Waals surface area (Å²) < 4.78 is 0. The average Bonchev–Trinajstić information content (AvgIpc) is 2.47. The normalized spacial score (nSPS) is 12.4. The molecule has 0 aliphatic rings. The Kier molecular flexibility index (Phi) is 5.05. The van der Waals surface area contributed by atoms with E-state index in [9.17, 15) is 4.79 Å². The summed E-state index contributed by atoms with van der Waals surface area (Å²) in [6.45, 7) is 3.26. The van der Waals surface area contributed by atoms with Gasteiger partial charge in [-0.1, -0.05) is 12.1 Å². The number of para-hydroxylation sites is 1. The van der Waals surface area contributed by atoms with Gasteiger partial charge in [0.1, 0.15) is 18.2 Å². The highest BCUT2D eigenvalue weighted by Gasteiger charge is 2.14. The molecular formula is C15H21N5O. The summed E-state index contributed by atoms with van der Waals surface area (Å²) in [5, 5.41) is 6.95. The topological polar surface area (TPSA) is 70.1 Å². The van der Waals surface area contributed by atoms with E-state index in [0.29, 0.717) is 12.4 Å².